The highest BCUT2D eigenvalue weighted by molar-refractivity contribution is 5.47. The van der Waals surface area contributed by atoms with E-state index in [1.54, 1.807) is 0 Å². The molecule has 96 heavy (non-hydrogen) atoms. The molecule has 2 aliphatic rings. The Morgan fingerprint density at radius 3 is 0.896 bits per heavy atom. The summed E-state index contributed by atoms with van der Waals surface area (Å²) in [6.07, 6.45) is -30.8. The molecule has 6 N–H and O–H groups in total. The molecule has 34 heteroatoms. The van der Waals surface area contributed by atoms with Crippen molar-refractivity contribution in [2.45, 2.75) is 202 Å². The summed E-state index contributed by atoms with van der Waals surface area (Å²) in [6.45, 7) is 38.4. The number of hydrogen-bond donors (Lipinski definition) is 6. The summed E-state index contributed by atoms with van der Waals surface area (Å²) in [7, 11) is 0. The molecule has 2 aliphatic carbocycles. The number of alkyl halides is 21. The molecule has 11 nitrogen and oxygen atoms in total. The monoisotopic (exact) mass is 1440 g/mol. The third kappa shape index (κ3) is 27.6. The topological polar surface area (TPSA) is 168 Å². The molecular formula is C62H81F23O11. The summed E-state index contributed by atoms with van der Waals surface area (Å²) in [6, 6.07) is 5.43. The third-order valence-corrected chi connectivity index (χ3v) is 15.0. The number of aliphatic hydroxyl groups is 6. The Hall–Kier alpha value is -6.23. The maximum Gasteiger partial charge on any atom is 0.454 e. The van der Waals surface area contributed by atoms with E-state index in [0.717, 1.165) is 26.0 Å². The van der Waals surface area contributed by atoms with Gasteiger partial charge in [0.05, 0.1) is 6.26 Å². The molecular weight excluding hydrogens is 1360 g/mol. The second-order valence-corrected chi connectivity index (χ2v) is 23.1. The van der Waals surface area contributed by atoms with Crippen LogP contribution in [0.2, 0.25) is 0 Å². The SMILES string of the molecule is C=C(F)C(=C)OC(C)(C1CCC(C(C)(O)C(F)(F)F)CC1)C(F)(F)F.C=C(F)C(=C)OC(C)(O)C(F)(F)F.C=CC(=C)OC(C)(C1CCC(C(C)(O)C(F)(F)F)CC1)C(F)(F)F.C=CC(=C)OC(C)(O)C(F)(F)F.C=COC(C)(C)O.C=Cc1ccc(C(C)(O)C(F)(F)F)cc1. The molecule has 2 saturated carbocycles. The second kappa shape index (κ2) is 34.5. The second-order valence-electron chi connectivity index (χ2n) is 23.1. The highest BCUT2D eigenvalue weighted by Crippen LogP contribution is 2.53. The molecule has 0 aromatic heterocycles. The largest absolute Gasteiger partial charge is 0.478 e. The van der Waals surface area contributed by atoms with E-state index in [-0.39, 0.29) is 68.4 Å². The zero-order valence-electron chi connectivity index (χ0n) is 53.6. The van der Waals surface area contributed by atoms with E-state index in [2.05, 4.69) is 80.0 Å². The fourth-order valence-electron chi connectivity index (χ4n) is 8.27. The lowest BCUT2D eigenvalue weighted by Crippen LogP contribution is -2.54. The summed E-state index contributed by atoms with van der Waals surface area (Å²) in [5, 5.41) is 54.8. The Kier molecular flexibility index (Phi) is 33.8. The van der Waals surface area contributed by atoms with Gasteiger partial charge in [-0.3, -0.25) is 0 Å². The van der Waals surface area contributed by atoms with Crippen LogP contribution in [-0.4, -0.2) is 114 Å². The number of allylic oxidation sites excluding steroid dienone is 4. The molecule has 0 aliphatic heterocycles. The average Bonchev–Trinajstić information content (AvgIpc) is 0.775. The van der Waals surface area contributed by atoms with Crippen molar-refractivity contribution in [1.29, 1.82) is 0 Å². The number of hydrogen-bond acceptors (Lipinski definition) is 11. The molecule has 7 unspecified atom stereocenters. The van der Waals surface area contributed by atoms with Gasteiger partial charge in [0, 0.05) is 39.5 Å². The van der Waals surface area contributed by atoms with E-state index >= 15 is 0 Å². The van der Waals surface area contributed by atoms with Crippen LogP contribution in [0.5, 0.6) is 0 Å². The van der Waals surface area contributed by atoms with Gasteiger partial charge in [0.15, 0.2) is 34.2 Å². The van der Waals surface area contributed by atoms with Gasteiger partial charge in [-0.05, 0) is 121 Å². The number of ether oxygens (including phenoxy) is 5. The van der Waals surface area contributed by atoms with Gasteiger partial charge in [-0.1, -0.05) is 96.1 Å². The van der Waals surface area contributed by atoms with Gasteiger partial charge in [0.2, 0.25) is 17.0 Å². The first kappa shape index (κ1) is 94.0. The Bertz CT molecular complexity index is 2730. The van der Waals surface area contributed by atoms with Crippen LogP contribution in [0.3, 0.4) is 0 Å². The first-order valence-electron chi connectivity index (χ1n) is 27.6. The highest BCUT2D eigenvalue weighted by atomic mass is 19.4. The zero-order valence-corrected chi connectivity index (χ0v) is 53.6. The molecule has 0 bridgehead atoms. The molecule has 3 rings (SSSR count). The van der Waals surface area contributed by atoms with E-state index in [9.17, 15) is 116 Å². The lowest BCUT2D eigenvalue weighted by molar-refractivity contribution is -0.344. The van der Waals surface area contributed by atoms with Crippen LogP contribution in [0.25, 0.3) is 6.08 Å². The number of benzene rings is 1. The van der Waals surface area contributed by atoms with Crippen LogP contribution in [-0.2, 0) is 29.3 Å². The fourth-order valence-corrected chi connectivity index (χ4v) is 8.27. The number of halogens is 23. The first-order valence-corrected chi connectivity index (χ1v) is 27.6. The van der Waals surface area contributed by atoms with E-state index in [1.165, 1.54) is 50.5 Å². The maximum atomic E-state index is 13.5. The molecule has 0 amide bonds. The van der Waals surface area contributed by atoms with Crippen LogP contribution < -0.4 is 0 Å². The van der Waals surface area contributed by atoms with Gasteiger partial charge >= 0.3 is 54.8 Å². The Balaban J connectivity index is -0.00000113. The van der Waals surface area contributed by atoms with Crippen molar-refractivity contribution in [3.8, 4) is 0 Å². The van der Waals surface area contributed by atoms with Crippen molar-refractivity contribution < 1.29 is 155 Å². The summed E-state index contributed by atoms with van der Waals surface area (Å²) < 4.78 is 314. The van der Waals surface area contributed by atoms with Crippen molar-refractivity contribution in [2.75, 3.05) is 0 Å². The van der Waals surface area contributed by atoms with E-state index in [1.807, 2.05) is 0 Å². The smallest absolute Gasteiger partial charge is 0.454 e. The Morgan fingerprint density at radius 2 is 0.667 bits per heavy atom. The molecule has 0 heterocycles. The van der Waals surface area contributed by atoms with E-state index < -0.39 is 135 Å². The van der Waals surface area contributed by atoms with E-state index in [4.69, 9.17) is 24.8 Å². The highest BCUT2D eigenvalue weighted by Gasteiger charge is 2.64. The third-order valence-electron chi connectivity index (χ3n) is 15.0. The maximum absolute atomic E-state index is 13.5. The van der Waals surface area contributed by atoms with Gasteiger partial charge in [-0.15, -0.1) is 0 Å². The van der Waals surface area contributed by atoms with Crippen LogP contribution >= 0.6 is 0 Å². The predicted molar refractivity (Wildman–Crippen MR) is 308 cm³/mol. The molecule has 7 atom stereocenters. The minimum Gasteiger partial charge on any atom is -0.478 e. The van der Waals surface area contributed by atoms with Crippen molar-refractivity contribution in [3.05, 3.63) is 154 Å². The molecule has 0 saturated heterocycles. The fraction of sp³-hybridized carbons (Fsp3) is 0.581. The standard InChI is InChI=1S/C16H21F7O2.C16H22F6O2.C11H11F3O.C7H8F4O2.C7H9F3O2.C5H10O2/c1-9(17)10(2)25-14(4,16(21,22)23)12-7-5-11(6-8-12)13(3,24)15(18,19)20;1-5-10(2)24-14(4,16(20,21)22)12-8-6-11(7-9-12)13(3,23)15(17,18)19;1-3-8-4-6-9(7-5-8)10(2,15)11(12,13)14;1-4(8)5(2)13-6(3,12)7(9,10)11;1-4-5(2)12-6(3,11)7(8,9)10;1-4-7-5(2,3)6/h11-12,24H,1-2,5-8H2,3-4H3;5,11-12,23H,1-2,6-9H2,3-4H3;3-7,15H,1H2,2H3;12H,1-2H2,3H3;4,11H,1-2H2,3H3;4,6H,1H2,2-3H3. The van der Waals surface area contributed by atoms with Crippen LogP contribution in [0, 0.1) is 23.7 Å². The normalized spacial score (nSPS) is 21.5. The average molecular weight is 1440 g/mol. The summed E-state index contributed by atoms with van der Waals surface area (Å²) in [5.41, 5.74) is -13.6. The molecule has 1 aromatic rings. The molecule has 556 valence electrons. The van der Waals surface area contributed by atoms with Gasteiger partial charge in [-0.2, -0.15) is 92.2 Å². The minimum atomic E-state index is -5.02. The van der Waals surface area contributed by atoms with Gasteiger partial charge in [-0.25, -0.2) is 8.78 Å². The predicted octanol–water partition coefficient (Wildman–Crippen LogP) is 18.8. The van der Waals surface area contributed by atoms with E-state index in [0.29, 0.717) is 40.2 Å². The van der Waals surface area contributed by atoms with Crippen molar-refractivity contribution in [1.82, 2.24) is 0 Å². The molecule has 0 radical (unpaired) electrons. The van der Waals surface area contributed by atoms with Crippen molar-refractivity contribution in [3.63, 3.8) is 0 Å². The van der Waals surface area contributed by atoms with Crippen LogP contribution in [0.4, 0.5) is 101 Å². The lowest BCUT2D eigenvalue weighted by atomic mass is 9.69. The Morgan fingerprint density at radius 1 is 0.385 bits per heavy atom. The Labute approximate surface area is 540 Å². The summed E-state index contributed by atoms with van der Waals surface area (Å²) in [5.74, 6) is -17.3. The summed E-state index contributed by atoms with van der Waals surface area (Å²) in [4.78, 5) is 0. The van der Waals surface area contributed by atoms with Crippen LogP contribution in [0.15, 0.2) is 143 Å². The minimum absolute atomic E-state index is 0.142. The molecule has 1 aromatic carbocycles. The van der Waals surface area contributed by atoms with Crippen LogP contribution in [0.1, 0.15) is 125 Å². The van der Waals surface area contributed by atoms with Gasteiger partial charge in [0.1, 0.15) is 17.3 Å². The zero-order chi connectivity index (χ0) is 77.3. The molecule has 2 fully saturated rings. The first-order chi connectivity index (χ1) is 42.3. The molecule has 0 spiro atoms. The number of rotatable bonds is 20. The van der Waals surface area contributed by atoms with Gasteiger partial charge in [0.25, 0.3) is 0 Å². The quantitative estimate of drug-likeness (QED) is 0.0318. The van der Waals surface area contributed by atoms with Crippen molar-refractivity contribution in [2.24, 2.45) is 23.7 Å². The lowest BCUT2D eigenvalue weighted by Gasteiger charge is -2.45. The summed E-state index contributed by atoms with van der Waals surface area (Å²) >= 11 is 0. The van der Waals surface area contributed by atoms with Crippen molar-refractivity contribution >= 4 is 6.08 Å². The van der Waals surface area contributed by atoms with Gasteiger partial charge < -0.3 is 54.3 Å².